The van der Waals surface area contributed by atoms with Gasteiger partial charge in [-0.25, -0.2) is 0 Å². The molecule has 0 aliphatic carbocycles. The van der Waals surface area contributed by atoms with Gasteiger partial charge < -0.3 is 25.6 Å². The van der Waals surface area contributed by atoms with Gasteiger partial charge in [-0.15, -0.1) is 11.3 Å². The van der Waals surface area contributed by atoms with Crippen molar-refractivity contribution in [3.05, 3.63) is 45.1 Å². The summed E-state index contributed by atoms with van der Waals surface area (Å²) in [5.41, 5.74) is -2.67. The topological polar surface area (TPSA) is 117 Å². The van der Waals surface area contributed by atoms with Crippen LogP contribution in [0.25, 0.3) is 0 Å². The number of thiophene rings is 1. The van der Waals surface area contributed by atoms with Crippen molar-refractivity contribution in [2.45, 2.75) is 33.0 Å². The predicted molar refractivity (Wildman–Crippen MR) is 136 cm³/mol. The highest BCUT2D eigenvalue weighted by Gasteiger charge is 2.36. The summed E-state index contributed by atoms with van der Waals surface area (Å²) in [6.45, 7) is 4.38. The van der Waals surface area contributed by atoms with Crippen LogP contribution in [0.3, 0.4) is 0 Å². The summed E-state index contributed by atoms with van der Waals surface area (Å²) in [6.07, 6.45) is -4.87. The minimum absolute atomic E-state index is 0.00285. The van der Waals surface area contributed by atoms with Gasteiger partial charge in [0.2, 0.25) is 11.8 Å². The minimum Gasteiger partial charge on any atom is -0.370 e. The molecule has 0 unspecified atom stereocenters. The lowest BCUT2D eigenvalue weighted by molar-refractivity contribution is -0.137. The number of rotatable bonds is 7. The molecule has 1 atom stereocenters. The fourth-order valence-electron chi connectivity index (χ4n) is 3.36. The number of amides is 4. The van der Waals surface area contributed by atoms with Crippen LogP contribution < -0.4 is 20.9 Å². The molecule has 0 saturated carbocycles. The lowest BCUT2D eigenvalue weighted by Gasteiger charge is -2.28. The van der Waals surface area contributed by atoms with E-state index in [1.165, 1.54) is 23.1 Å². The zero-order chi connectivity index (χ0) is 28.3. The SMILES string of the molecule is CC(C)(C)C(=O)N[C@@H](CNC(=O)c1ccc(Cl)s1)C(=O)Nc1ccc(N2CCOCC2=O)cc1C(F)(F)F. The Labute approximate surface area is 225 Å². The van der Waals surface area contributed by atoms with E-state index in [0.29, 0.717) is 4.34 Å². The maximum atomic E-state index is 13.9. The first-order valence-corrected chi connectivity index (χ1v) is 12.6. The summed E-state index contributed by atoms with van der Waals surface area (Å²) in [5.74, 6) is -2.59. The number of carbonyl (C=O) groups excluding carboxylic acids is 4. The van der Waals surface area contributed by atoms with E-state index in [1.807, 2.05) is 0 Å². The Morgan fingerprint density at radius 2 is 1.87 bits per heavy atom. The number of anilines is 2. The molecule has 1 aliphatic rings. The van der Waals surface area contributed by atoms with Crippen LogP contribution in [-0.2, 0) is 25.3 Å². The van der Waals surface area contributed by atoms with Crippen LogP contribution in [0.4, 0.5) is 24.5 Å². The number of hydrogen-bond acceptors (Lipinski definition) is 6. The van der Waals surface area contributed by atoms with Crippen molar-refractivity contribution >= 4 is 57.9 Å². The van der Waals surface area contributed by atoms with E-state index in [1.54, 1.807) is 20.8 Å². The van der Waals surface area contributed by atoms with E-state index in [9.17, 15) is 32.3 Å². The number of alkyl halides is 3. The largest absolute Gasteiger partial charge is 0.418 e. The van der Waals surface area contributed by atoms with Gasteiger partial charge in [0.15, 0.2) is 0 Å². The number of benzene rings is 1. The molecule has 3 rings (SSSR count). The van der Waals surface area contributed by atoms with Crippen LogP contribution in [-0.4, -0.2) is 56.0 Å². The highest BCUT2D eigenvalue weighted by atomic mass is 35.5. The van der Waals surface area contributed by atoms with Gasteiger partial charge in [-0.3, -0.25) is 19.2 Å². The standard InChI is InChI=1S/C24H26ClF3N4O5S/c1-23(2,3)22(36)31-16(11-29-21(35)17-6-7-18(25)38-17)20(34)30-15-5-4-13(10-14(15)24(26,27)28)32-8-9-37-12-19(32)33/h4-7,10,16H,8-9,11-12H2,1-3H3,(H,29,35)(H,30,34)(H,31,36)/t16-/m0/s1. The fraction of sp³-hybridized carbons (Fsp3) is 0.417. The summed E-state index contributed by atoms with van der Waals surface area (Å²) < 4.78 is 47.2. The van der Waals surface area contributed by atoms with Crippen molar-refractivity contribution in [1.82, 2.24) is 10.6 Å². The molecule has 1 aromatic heterocycles. The van der Waals surface area contributed by atoms with Crippen molar-refractivity contribution < 1.29 is 37.1 Å². The molecule has 14 heteroatoms. The van der Waals surface area contributed by atoms with Crippen LogP contribution >= 0.6 is 22.9 Å². The number of nitrogens with one attached hydrogen (secondary N) is 3. The third-order valence-corrected chi connectivity index (χ3v) is 6.66. The van der Waals surface area contributed by atoms with Crippen molar-refractivity contribution in [3.8, 4) is 0 Å². The monoisotopic (exact) mass is 574 g/mol. The third-order valence-electron chi connectivity index (χ3n) is 5.43. The molecular weight excluding hydrogens is 549 g/mol. The smallest absolute Gasteiger partial charge is 0.370 e. The van der Waals surface area contributed by atoms with E-state index < -0.39 is 59.1 Å². The van der Waals surface area contributed by atoms with Crippen LogP contribution in [0.15, 0.2) is 30.3 Å². The molecule has 1 saturated heterocycles. The summed E-state index contributed by atoms with van der Waals surface area (Å²) in [6, 6.07) is 4.67. The second kappa shape index (κ2) is 11.7. The number of nitrogens with zero attached hydrogens (tertiary/aromatic N) is 1. The third kappa shape index (κ3) is 7.45. The summed E-state index contributed by atoms with van der Waals surface area (Å²) >= 11 is 6.84. The highest BCUT2D eigenvalue weighted by Crippen LogP contribution is 2.37. The molecule has 4 amide bonds. The van der Waals surface area contributed by atoms with Crippen LogP contribution in [0.1, 0.15) is 36.0 Å². The quantitative estimate of drug-likeness (QED) is 0.466. The Hall–Kier alpha value is -3.16. The molecule has 0 radical (unpaired) electrons. The van der Waals surface area contributed by atoms with Crippen molar-refractivity contribution in [2.75, 3.05) is 36.5 Å². The average Bonchev–Trinajstić information content (AvgIpc) is 3.27. The predicted octanol–water partition coefficient (Wildman–Crippen LogP) is 3.68. The van der Waals surface area contributed by atoms with Crippen LogP contribution in [0.2, 0.25) is 4.34 Å². The molecule has 1 aliphatic heterocycles. The first-order valence-electron chi connectivity index (χ1n) is 11.4. The Morgan fingerprint density at radius 3 is 2.45 bits per heavy atom. The van der Waals surface area contributed by atoms with E-state index in [0.717, 1.165) is 23.5 Å². The normalized spacial score (nSPS) is 15.1. The molecule has 2 aromatic rings. The molecular formula is C24H26ClF3N4O5S. The van der Waals surface area contributed by atoms with Crippen LogP contribution in [0.5, 0.6) is 0 Å². The van der Waals surface area contributed by atoms with Gasteiger partial charge in [-0.1, -0.05) is 32.4 Å². The number of morpholine rings is 1. The van der Waals surface area contributed by atoms with Gasteiger partial charge in [0.1, 0.15) is 12.6 Å². The van der Waals surface area contributed by atoms with Gasteiger partial charge >= 0.3 is 6.18 Å². The van der Waals surface area contributed by atoms with Crippen molar-refractivity contribution in [3.63, 3.8) is 0 Å². The molecule has 38 heavy (non-hydrogen) atoms. The lowest BCUT2D eigenvalue weighted by Crippen LogP contribution is -2.53. The highest BCUT2D eigenvalue weighted by molar-refractivity contribution is 7.18. The number of carbonyl (C=O) groups is 4. The van der Waals surface area contributed by atoms with Gasteiger partial charge in [0.05, 0.1) is 27.1 Å². The Balaban J connectivity index is 1.84. The van der Waals surface area contributed by atoms with Gasteiger partial charge in [0, 0.05) is 24.2 Å². The second-order valence-corrected chi connectivity index (χ2v) is 11.1. The molecule has 0 bridgehead atoms. The summed E-state index contributed by atoms with van der Waals surface area (Å²) in [7, 11) is 0. The van der Waals surface area contributed by atoms with Crippen molar-refractivity contribution in [1.29, 1.82) is 0 Å². The molecule has 206 valence electrons. The molecule has 3 N–H and O–H groups in total. The molecule has 1 fully saturated rings. The second-order valence-electron chi connectivity index (χ2n) is 9.40. The van der Waals surface area contributed by atoms with E-state index in [2.05, 4.69) is 16.0 Å². The fourth-order valence-corrected chi connectivity index (χ4v) is 4.32. The molecule has 9 nitrogen and oxygen atoms in total. The molecule has 0 spiro atoms. The average molecular weight is 575 g/mol. The van der Waals surface area contributed by atoms with Gasteiger partial charge in [-0.05, 0) is 30.3 Å². The van der Waals surface area contributed by atoms with E-state index in [-0.39, 0.29) is 30.3 Å². The first kappa shape index (κ1) is 29.4. The molecule has 2 heterocycles. The zero-order valence-corrected chi connectivity index (χ0v) is 22.3. The first-order chi connectivity index (χ1) is 17.7. The Kier molecular flexibility index (Phi) is 9.05. The number of halogens is 4. The van der Waals surface area contributed by atoms with Gasteiger partial charge in [0.25, 0.3) is 11.8 Å². The van der Waals surface area contributed by atoms with E-state index >= 15 is 0 Å². The number of ether oxygens (including phenoxy) is 1. The maximum absolute atomic E-state index is 13.9. The Bertz CT molecular complexity index is 1230. The number of hydrogen-bond donors (Lipinski definition) is 3. The zero-order valence-electron chi connectivity index (χ0n) is 20.7. The minimum atomic E-state index is -4.87. The van der Waals surface area contributed by atoms with Crippen LogP contribution in [0, 0.1) is 5.41 Å². The van der Waals surface area contributed by atoms with Crippen molar-refractivity contribution in [2.24, 2.45) is 5.41 Å². The summed E-state index contributed by atoms with van der Waals surface area (Å²) in [4.78, 5) is 51.6. The van der Waals surface area contributed by atoms with E-state index in [4.69, 9.17) is 16.3 Å². The lowest BCUT2D eigenvalue weighted by atomic mass is 9.95. The Morgan fingerprint density at radius 1 is 1.16 bits per heavy atom. The van der Waals surface area contributed by atoms with Gasteiger partial charge in [-0.2, -0.15) is 13.2 Å². The molecule has 1 aromatic carbocycles. The summed E-state index contributed by atoms with van der Waals surface area (Å²) in [5, 5.41) is 7.19. The maximum Gasteiger partial charge on any atom is 0.418 e.